The number of hydrogen-bond acceptors (Lipinski definition) is 4. The first kappa shape index (κ1) is 18.0. The van der Waals surface area contributed by atoms with Gasteiger partial charge in [0.2, 0.25) is 11.8 Å². The molecule has 2 aromatic rings. The van der Waals surface area contributed by atoms with Gasteiger partial charge < -0.3 is 20.3 Å². The van der Waals surface area contributed by atoms with Gasteiger partial charge in [0, 0.05) is 25.2 Å². The van der Waals surface area contributed by atoms with Gasteiger partial charge in [-0.15, -0.1) is 0 Å². The van der Waals surface area contributed by atoms with Gasteiger partial charge in [-0.1, -0.05) is 30.3 Å². The first-order chi connectivity index (χ1) is 13.5. The summed E-state index contributed by atoms with van der Waals surface area (Å²) in [5.74, 6) is -0.299. The van der Waals surface area contributed by atoms with E-state index in [0.717, 1.165) is 5.56 Å². The van der Waals surface area contributed by atoms with Gasteiger partial charge in [0.15, 0.2) is 6.10 Å². The van der Waals surface area contributed by atoms with E-state index in [1.54, 1.807) is 30.0 Å². The van der Waals surface area contributed by atoms with E-state index in [0.29, 0.717) is 30.2 Å². The average Bonchev–Trinajstić information content (AvgIpc) is 3.04. The molecule has 0 aromatic heterocycles. The zero-order valence-electron chi connectivity index (χ0n) is 15.5. The highest BCUT2D eigenvalue weighted by Gasteiger charge is 2.34. The normalized spacial score (nSPS) is 21.0. The number of anilines is 2. The molecule has 3 amide bonds. The van der Waals surface area contributed by atoms with Crippen molar-refractivity contribution in [2.75, 3.05) is 17.2 Å². The number of fused-ring (bicyclic) bond motifs is 1. The van der Waals surface area contributed by atoms with E-state index in [2.05, 4.69) is 10.6 Å². The zero-order chi connectivity index (χ0) is 19.7. The Bertz CT molecular complexity index is 929. The highest BCUT2D eigenvalue weighted by molar-refractivity contribution is 6.00. The van der Waals surface area contributed by atoms with Gasteiger partial charge in [-0.05, 0) is 30.7 Å². The molecule has 0 spiro atoms. The van der Waals surface area contributed by atoms with Gasteiger partial charge in [-0.25, -0.2) is 0 Å². The van der Waals surface area contributed by atoms with Gasteiger partial charge >= 0.3 is 0 Å². The van der Waals surface area contributed by atoms with Gasteiger partial charge in [0.1, 0.15) is 5.75 Å². The van der Waals surface area contributed by atoms with Crippen molar-refractivity contribution in [2.24, 2.45) is 5.92 Å². The first-order valence-electron chi connectivity index (χ1n) is 9.24. The molecule has 0 saturated carbocycles. The van der Waals surface area contributed by atoms with Crippen molar-refractivity contribution in [3.8, 4) is 5.75 Å². The second kappa shape index (κ2) is 7.34. The summed E-state index contributed by atoms with van der Waals surface area (Å²) in [7, 11) is 0. The van der Waals surface area contributed by atoms with Gasteiger partial charge in [-0.2, -0.15) is 0 Å². The van der Waals surface area contributed by atoms with Crippen molar-refractivity contribution in [1.82, 2.24) is 4.90 Å². The second-order valence-corrected chi connectivity index (χ2v) is 7.11. The van der Waals surface area contributed by atoms with E-state index in [1.807, 2.05) is 30.3 Å². The minimum atomic E-state index is -0.548. The summed E-state index contributed by atoms with van der Waals surface area (Å²) in [6.45, 7) is 2.57. The Hall–Kier alpha value is -3.35. The van der Waals surface area contributed by atoms with E-state index in [9.17, 15) is 14.4 Å². The summed E-state index contributed by atoms with van der Waals surface area (Å²) in [5.41, 5.74) is 2.11. The van der Waals surface area contributed by atoms with Gasteiger partial charge in [0.05, 0.1) is 11.6 Å². The van der Waals surface area contributed by atoms with Crippen LogP contribution in [0, 0.1) is 5.92 Å². The highest BCUT2D eigenvalue weighted by atomic mass is 16.5. The maximum atomic E-state index is 12.6. The quantitative estimate of drug-likeness (QED) is 0.854. The molecule has 28 heavy (non-hydrogen) atoms. The van der Waals surface area contributed by atoms with Crippen molar-refractivity contribution in [1.29, 1.82) is 0 Å². The maximum Gasteiger partial charge on any atom is 0.265 e. The van der Waals surface area contributed by atoms with Crippen LogP contribution in [-0.2, 0) is 20.9 Å². The molecule has 2 aromatic carbocycles. The van der Waals surface area contributed by atoms with Crippen molar-refractivity contribution in [2.45, 2.75) is 26.0 Å². The van der Waals surface area contributed by atoms with Gasteiger partial charge in [-0.3, -0.25) is 14.4 Å². The Kier molecular flexibility index (Phi) is 4.73. The smallest absolute Gasteiger partial charge is 0.265 e. The predicted octanol–water partition coefficient (Wildman–Crippen LogP) is 2.39. The van der Waals surface area contributed by atoms with Crippen molar-refractivity contribution >= 4 is 29.1 Å². The number of likely N-dealkylation sites (tertiary alicyclic amines) is 1. The van der Waals surface area contributed by atoms with Crippen LogP contribution in [0.5, 0.6) is 5.75 Å². The molecule has 2 heterocycles. The van der Waals surface area contributed by atoms with E-state index < -0.39 is 12.0 Å². The largest absolute Gasteiger partial charge is 0.479 e. The Balaban J connectivity index is 1.40. The van der Waals surface area contributed by atoms with Crippen LogP contribution in [0.15, 0.2) is 48.5 Å². The van der Waals surface area contributed by atoms with Crippen LogP contribution in [0.4, 0.5) is 11.4 Å². The van der Waals surface area contributed by atoms with E-state index >= 15 is 0 Å². The highest BCUT2D eigenvalue weighted by Crippen LogP contribution is 2.32. The first-order valence-corrected chi connectivity index (χ1v) is 9.24. The number of nitrogens with one attached hydrogen (secondary N) is 2. The zero-order valence-corrected chi connectivity index (χ0v) is 15.5. The standard InChI is InChI=1S/C21H21N3O4/c1-13-20(26)23-17-10-16(7-8-18(17)28-13)22-21(27)15-9-19(25)24(12-15)11-14-5-3-2-4-6-14/h2-8,10,13,15H,9,11-12H2,1H3,(H,22,27)(H,23,26)/t13-,15+/m1/s1. The summed E-state index contributed by atoms with van der Waals surface area (Å²) in [6, 6.07) is 14.8. The van der Waals surface area contributed by atoms with Crippen LogP contribution in [-0.4, -0.2) is 35.3 Å². The van der Waals surface area contributed by atoms with Crippen LogP contribution in [0.3, 0.4) is 0 Å². The maximum absolute atomic E-state index is 12.6. The van der Waals surface area contributed by atoms with Crippen LogP contribution >= 0.6 is 0 Å². The summed E-state index contributed by atoms with van der Waals surface area (Å²) in [4.78, 5) is 38.4. The number of carbonyl (C=O) groups excluding carboxylic acids is 3. The molecular formula is C21H21N3O4. The molecular weight excluding hydrogens is 358 g/mol. The van der Waals surface area contributed by atoms with Crippen LogP contribution < -0.4 is 15.4 Å². The molecule has 2 atom stereocenters. The number of benzene rings is 2. The fraction of sp³-hybridized carbons (Fsp3) is 0.286. The Labute approximate surface area is 162 Å². The summed E-state index contributed by atoms with van der Waals surface area (Å²) in [6.07, 6.45) is -0.353. The summed E-state index contributed by atoms with van der Waals surface area (Å²) in [5, 5.41) is 5.60. The van der Waals surface area contributed by atoms with Crippen molar-refractivity contribution < 1.29 is 19.1 Å². The second-order valence-electron chi connectivity index (χ2n) is 7.11. The third kappa shape index (κ3) is 3.69. The van der Waals surface area contributed by atoms with Gasteiger partial charge in [0.25, 0.3) is 5.91 Å². The van der Waals surface area contributed by atoms with Crippen molar-refractivity contribution in [3.63, 3.8) is 0 Å². The molecule has 144 valence electrons. The molecule has 0 bridgehead atoms. The molecule has 1 saturated heterocycles. The van der Waals surface area contributed by atoms with Crippen LogP contribution in [0.25, 0.3) is 0 Å². The summed E-state index contributed by atoms with van der Waals surface area (Å²) >= 11 is 0. The van der Waals surface area contributed by atoms with Crippen LogP contribution in [0.1, 0.15) is 18.9 Å². The Morgan fingerprint density at radius 2 is 2.00 bits per heavy atom. The lowest BCUT2D eigenvalue weighted by atomic mass is 10.1. The number of nitrogens with zero attached hydrogens (tertiary/aromatic N) is 1. The number of hydrogen-bond donors (Lipinski definition) is 2. The van der Waals surface area contributed by atoms with Crippen molar-refractivity contribution in [3.05, 3.63) is 54.1 Å². The molecule has 4 rings (SSSR count). The molecule has 0 radical (unpaired) electrons. The van der Waals surface area contributed by atoms with E-state index in [1.165, 1.54) is 0 Å². The average molecular weight is 379 g/mol. The monoisotopic (exact) mass is 379 g/mol. The third-order valence-electron chi connectivity index (χ3n) is 4.98. The predicted molar refractivity (Wildman–Crippen MR) is 104 cm³/mol. The molecule has 7 nitrogen and oxygen atoms in total. The molecule has 2 aliphatic rings. The fourth-order valence-corrected chi connectivity index (χ4v) is 3.44. The number of rotatable bonds is 4. The Morgan fingerprint density at radius 3 is 2.79 bits per heavy atom. The minimum absolute atomic E-state index is 0.0240. The fourth-order valence-electron chi connectivity index (χ4n) is 3.44. The van der Waals surface area contributed by atoms with E-state index in [-0.39, 0.29) is 24.1 Å². The third-order valence-corrected chi connectivity index (χ3v) is 4.98. The number of ether oxygens (including phenoxy) is 1. The van der Waals surface area contributed by atoms with Crippen LogP contribution in [0.2, 0.25) is 0 Å². The number of carbonyl (C=O) groups is 3. The minimum Gasteiger partial charge on any atom is -0.479 e. The van der Waals surface area contributed by atoms with E-state index in [4.69, 9.17) is 4.74 Å². The Morgan fingerprint density at radius 1 is 1.21 bits per heavy atom. The molecule has 2 N–H and O–H groups in total. The molecule has 0 unspecified atom stereocenters. The lowest BCUT2D eigenvalue weighted by Crippen LogP contribution is -2.34. The summed E-state index contributed by atoms with van der Waals surface area (Å²) < 4.78 is 5.51. The molecule has 1 fully saturated rings. The number of amides is 3. The molecule has 7 heteroatoms. The SMILES string of the molecule is C[C@H]1Oc2ccc(NC(=O)[C@H]3CC(=O)N(Cc4ccccc4)C3)cc2NC1=O. The molecule has 2 aliphatic heterocycles. The lowest BCUT2D eigenvalue weighted by molar-refractivity contribution is -0.128. The topological polar surface area (TPSA) is 87.7 Å². The lowest BCUT2D eigenvalue weighted by Gasteiger charge is -2.24. The molecule has 0 aliphatic carbocycles.